The molecule has 6 nitrogen and oxygen atoms in total. The smallest absolute Gasteiger partial charge is 0.341 e. The number of rotatable bonds is 4. The number of anilines is 1. The number of carbonyl (C=O) groups excluding carboxylic acids is 1. The number of aromatic nitrogens is 1. The summed E-state index contributed by atoms with van der Waals surface area (Å²) in [6, 6.07) is 3.32. The molecule has 1 fully saturated rings. The van der Waals surface area contributed by atoms with Gasteiger partial charge in [0.15, 0.2) is 0 Å². The Bertz CT molecular complexity index is 444. The molecule has 104 valence electrons. The molecule has 1 aromatic rings. The maximum Gasteiger partial charge on any atom is 0.341 e. The first kappa shape index (κ1) is 13.8. The molecular formula is C13H18N2O4. The average Bonchev–Trinajstić information content (AvgIpc) is 2.48. The zero-order valence-electron chi connectivity index (χ0n) is 10.9. The lowest BCUT2D eigenvalue weighted by atomic mass is 9.91. The van der Waals surface area contributed by atoms with Crippen molar-refractivity contribution >= 4 is 11.8 Å². The Morgan fingerprint density at radius 3 is 2.95 bits per heavy atom. The van der Waals surface area contributed by atoms with Gasteiger partial charge in [-0.3, -0.25) is 0 Å². The van der Waals surface area contributed by atoms with E-state index in [1.807, 2.05) is 0 Å². The van der Waals surface area contributed by atoms with Crippen LogP contribution in [0.15, 0.2) is 18.3 Å². The quantitative estimate of drug-likeness (QED) is 0.785. The van der Waals surface area contributed by atoms with Crippen LogP contribution < -0.4 is 5.32 Å². The molecule has 1 aromatic heterocycles. The van der Waals surface area contributed by atoms with Crippen molar-refractivity contribution in [3.8, 4) is 0 Å². The summed E-state index contributed by atoms with van der Waals surface area (Å²) in [6.45, 7) is 1.12. The molecule has 0 radical (unpaired) electrons. The summed E-state index contributed by atoms with van der Waals surface area (Å²) in [6.07, 6.45) is 2.93. The van der Waals surface area contributed by atoms with E-state index < -0.39 is 11.5 Å². The van der Waals surface area contributed by atoms with Gasteiger partial charge in [0, 0.05) is 19.4 Å². The lowest BCUT2D eigenvalue weighted by molar-refractivity contribution is 0.0377. The summed E-state index contributed by atoms with van der Waals surface area (Å²) < 4.78 is 10.0. The second kappa shape index (κ2) is 5.99. The van der Waals surface area contributed by atoms with Crippen LogP contribution in [0.4, 0.5) is 5.82 Å². The van der Waals surface area contributed by atoms with Crippen molar-refractivity contribution in [2.75, 3.05) is 32.2 Å². The molecule has 2 N–H and O–H groups in total. The standard InChI is InChI=1S/C13H18N2O4/c1-18-12(17)10-3-2-6-14-11(10)15-13(9-16)4-7-19-8-5-13/h2-3,6,16H,4-5,7-9H2,1H3,(H,14,15). The fourth-order valence-corrected chi connectivity index (χ4v) is 2.12. The normalized spacial score (nSPS) is 17.8. The Labute approximate surface area is 111 Å². The number of nitrogens with one attached hydrogen (secondary N) is 1. The molecule has 1 aliphatic rings. The molecule has 0 bridgehead atoms. The number of ether oxygens (including phenoxy) is 2. The predicted octanol–water partition coefficient (Wildman–Crippen LogP) is 0.822. The third-order valence-corrected chi connectivity index (χ3v) is 3.35. The number of carbonyl (C=O) groups is 1. The first-order valence-corrected chi connectivity index (χ1v) is 6.21. The number of nitrogens with zero attached hydrogens (tertiary/aromatic N) is 1. The van der Waals surface area contributed by atoms with Gasteiger partial charge in [0.05, 0.1) is 19.3 Å². The van der Waals surface area contributed by atoms with Crippen molar-refractivity contribution in [3.63, 3.8) is 0 Å². The summed E-state index contributed by atoms with van der Waals surface area (Å²) in [5, 5.41) is 12.8. The lowest BCUT2D eigenvalue weighted by Crippen LogP contribution is -2.47. The minimum absolute atomic E-state index is 0.0342. The lowest BCUT2D eigenvalue weighted by Gasteiger charge is -2.37. The fourth-order valence-electron chi connectivity index (χ4n) is 2.12. The second-order valence-electron chi connectivity index (χ2n) is 4.57. The van der Waals surface area contributed by atoms with E-state index in [1.54, 1.807) is 18.3 Å². The summed E-state index contributed by atoms with van der Waals surface area (Å²) >= 11 is 0. The maximum absolute atomic E-state index is 11.7. The Morgan fingerprint density at radius 1 is 1.58 bits per heavy atom. The topological polar surface area (TPSA) is 80.7 Å². The number of hydrogen-bond donors (Lipinski definition) is 2. The zero-order valence-corrected chi connectivity index (χ0v) is 10.9. The zero-order chi connectivity index (χ0) is 13.7. The van der Waals surface area contributed by atoms with Crippen molar-refractivity contribution in [2.24, 2.45) is 0 Å². The highest BCUT2D eigenvalue weighted by Gasteiger charge is 2.33. The molecule has 0 spiro atoms. The molecule has 0 unspecified atom stereocenters. The van der Waals surface area contributed by atoms with Gasteiger partial charge < -0.3 is 19.9 Å². The average molecular weight is 266 g/mol. The number of aliphatic hydroxyl groups excluding tert-OH is 1. The third kappa shape index (κ3) is 3.02. The van der Waals surface area contributed by atoms with Gasteiger partial charge in [-0.25, -0.2) is 9.78 Å². The third-order valence-electron chi connectivity index (χ3n) is 3.35. The van der Waals surface area contributed by atoms with Crippen LogP contribution >= 0.6 is 0 Å². The van der Waals surface area contributed by atoms with E-state index in [2.05, 4.69) is 10.3 Å². The van der Waals surface area contributed by atoms with E-state index in [1.165, 1.54) is 7.11 Å². The van der Waals surface area contributed by atoms with Crippen LogP contribution in [-0.2, 0) is 9.47 Å². The number of hydrogen-bond acceptors (Lipinski definition) is 6. The van der Waals surface area contributed by atoms with Crippen molar-refractivity contribution < 1.29 is 19.4 Å². The highest BCUT2D eigenvalue weighted by Crippen LogP contribution is 2.26. The highest BCUT2D eigenvalue weighted by molar-refractivity contribution is 5.94. The van der Waals surface area contributed by atoms with Gasteiger partial charge in [0.1, 0.15) is 11.4 Å². The van der Waals surface area contributed by atoms with Gasteiger partial charge in [0.2, 0.25) is 0 Å². The molecule has 6 heteroatoms. The van der Waals surface area contributed by atoms with Gasteiger partial charge in [-0.05, 0) is 25.0 Å². The molecular weight excluding hydrogens is 248 g/mol. The van der Waals surface area contributed by atoms with E-state index in [4.69, 9.17) is 9.47 Å². The number of esters is 1. The van der Waals surface area contributed by atoms with Crippen molar-refractivity contribution in [2.45, 2.75) is 18.4 Å². The summed E-state index contributed by atoms with van der Waals surface area (Å²) in [7, 11) is 1.33. The molecule has 0 saturated carbocycles. The van der Waals surface area contributed by atoms with Crippen LogP contribution in [0, 0.1) is 0 Å². The van der Waals surface area contributed by atoms with E-state index in [-0.39, 0.29) is 6.61 Å². The van der Waals surface area contributed by atoms with Crippen LogP contribution in [-0.4, -0.2) is 48.5 Å². The number of aliphatic hydroxyl groups is 1. The number of pyridine rings is 1. The summed E-state index contributed by atoms with van der Waals surface area (Å²) in [4.78, 5) is 15.9. The minimum Gasteiger partial charge on any atom is -0.465 e. The van der Waals surface area contributed by atoms with E-state index in [0.717, 1.165) is 0 Å². The summed E-state index contributed by atoms with van der Waals surface area (Å²) in [5.41, 5.74) is -0.126. The van der Waals surface area contributed by atoms with Crippen molar-refractivity contribution in [1.29, 1.82) is 0 Å². The number of methoxy groups -OCH3 is 1. The Kier molecular flexibility index (Phi) is 4.34. The Hall–Kier alpha value is -1.66. The van der Waals surface area contributed by atoms with Gasteiger partial charge in [-0.2, -0.15) is 0 Å². The second-order valence-corrected chi connectivity index (χ2v) is 4.57. The van der Waals surface area contributed by atoms with Crippen LogP contribution in [0.5, 0.6) is 0 Å². The Morgan fingerprint density at radius 2 is 2.32 bits per heavy atom. The Balaban J connectivity index is 2.24. The van der Waals surface area contributed by atoms with E-state index in [9.17, 15) is 9.90 Å². The molecule has 0 atom stereocenters. The van der Waals surface area contributed by atoms with Crippen LogP contribution in [0.1, 0.15) is 23.2 Å². The highest BCUT2D eigenvalue weighted by atomic mass is 16.5. The largest absolute Gasteiger partial charge is 0.465 e. The fraction of sp³-hybridized carbons (Fsp3) is 0.538. The van der Waals surface area contributed by atoms with Gasteiger partial charge >= 0.3 is 5.97 Å². The van der Waals surface area contributed by atoms with Crippen LogP contribution in [0.3, 0.4) is 0 Å². The van der Waals surface area contributed by atoms with E-state index in [0.29, 0.717) is 37.4 Å². The van der Waals surface area contributed by atoms with Crippen LogP contribution in [0.25, 0.3) is 0 Å². The van der Waals surface area contributed by atoms with Crippen molar-refractivity contribution in [1.82, 2.24) is 4.98 Å². The molecule has 0 aliphatic carbocycles. The van der Waals surface area contributed by atoms with Gasteiger partial charge in [-0.1, -0.05) is 0 Å². The van der Waals surface area contributed by atoms with Crippen molar-refractivity contribution in [3.05, 3.63) is 23.9 Å². The molecule has 2 heterocycles. The summed E-state index contributed by atoms with van der Waals surface area (Å²) in [5.74, 6) is -0.0129. The van der Waals surface area contributed by atoms with Gasteiger partial charge in [-0.15, -0.1) is 0 Å². The maximum atomic E-state index is 11.7. The van der Waals surface area contributed by atoms with E-state index >= 15 is 0 Å². The SMILES string of the molecule is COC(=O)c1cccnc1NC1(CO)CCOCC1. The molecule has 2 rings (SSSR count). The molecule has 1 aliphatic heterocycles. The van der Waals surface area contributed by atoms with Gasteiger partial charge in [0.25, 0.3) is 0 Å². The first-order chi connectivity index (χ1) is 9.21. The first-order valence-electron chi connectivity index (χ1n) is 6.21. The minimum atomic E-state index is -0.491. The predicted molar refractivity (Wildman–Crippen MR) is 69.1 cm³/mol. The molecule has 0 amide bonds. The monoisotopic (exact) mass is 266 g/mol. The molecule has 1 saturated heterocycles. The molecule has 19 heavy (non-hydrogen) atoms. The molecule has 0 aromatic carbocycles. The van der Waals surface area contributed by atoms with Crippen LogP contribution in [0.2, 0.25) is 0 Å².